The molecule has 1 rings (SSSR count). The molecule has 0 aliphatic carbocycles. The monoisotopic (exact) mass is 281 g/mol. The Labute approximate surface area is 119 Å². The summed E-state index contributed by atoms with van der Waals surface area (Å²) in [6.07, 6.45) is 2.71. The van der Waals surface area contributed by atoms with E-state index in [0.29, 0.717) is 0 Å². The standard InChI is InChI=1S/C15H23NO2S/c1-2-3-9-14(15(17)18)16-10-11-19-12-13-7-5-4-6-8-13/h4-8,14,16H,2-3,9-12H2,1H3,(H,17,18). The molecule has 3 nitrogen and oxygen atoms in total. The summed E-state index contributed by atoms with van der Waals surface area (Å²) in [6, 6.07) is 9.93. The van der Waals surface area contributed by atoms with Gasteiger partial charge in [-0.1, -0.05) is 50.1 Å². The zero-order valence-electron chi connectivity index (χ0n) is 11.5. The van der Waals surface area contributed by atoms with Crippen LogP contribution in [0.3, 0.4) is 0 Å². The van der Waals surface area contributed by atoms with Crippen molar-refractivity contribution < 1.29 is 9.90 Å². The zero-order valence-corrected chi connectivity index (χ0v) is 12.3. The molecule has 0 fully saturated rings. The highest BCUT2D eigenvalue weighted by Crippen LogP contribution is 2.11. The number of hydrogen-bond acceptors (Lipinski definition) is 3. The van der Waals surface area contributed by atoms with E-state index < -0.39 is 12.0 Å². The molecule has 0 spiro atoms. The fourth-order valence-corrected chi connectivity index (χ4v) is 2.63. The van der Waals surface area contributed by atoms with Gasteiger partial charge < -0.3 is 10.4 Å². The van der Waals surface area contributed by atoms with Gasteiger partial charge in [-0.15, -0.1) is 0 Å². The highest BCUT2D eigenvalue weighted by Gasteiger charge is 2.14. The molecule has 0 radical (unpaired) electrons. The van der Waals surface area contributed by atoms with Gasteiger partial charge in [-0.25, -0.2) is 0 Å². The minimum atomic E-state index is -0.735. The number of carboxylic acids is 1. The molecule has 0 saturated heterocycles. The van der Waals surface area contributed by atoms with Gasteiger partial charge in [-0.2, -0.15) is 11.8 Å². The van der Waals surface area contributed by atoms with Crippen molar-refractivity contribution in [2.75, 3.05) is 12.3 Å². The Hall–Kier alpha value is -1.00. The van der Waals surface area contributed by atoms with Crippen LogP contribution in [0, 0.1) is 0 Å². The van der Waals surface area contributed by atoms with E-state index in [9.17, 15) is 4.79 Å². The van der Waals surface area contributed by atoms with E-state index in [-0.39, 0.29) is 0 Å². The van der Waals surface area contributed by atoms with Gasteiger partial charge in [0.05, 0.1) is 0 Å². The van der Waals surface area contributed by atoms with Gasteiger partial charge in [0.25, 0.3) is 0 Å². The number of rotatable bonds is 10. The normalized spacial score (nSPS) is 12.3. The third-order valence-electron chi connectivity index (χ3n) is 2.89. The predicted octanol–water partition coefficient (Wildman–Crippen LogP) is 3.15. The van der Waals surface area contributed by atoms with Crippen LogP contribution in [0.15, 0.2) is 30.3 Å². The van der Waals surface area contributed by atoms with E-state index in [4.69, 9.17) is 5.11 Å². The van der Waals surface area contributed by atoms with Crippen LogP contribution in [0.1, 0.15) is 31.7 Å². The number of carboxylic acid groups (broad SMARTS) is 1. The van der Waals surface area contributed by atoms with Crippen molar-refractivity contribution in [2.45, 2.75) is 38.0 Å². The number of aliphatic carboxylic acids is 1. The van der Waals surface area contributed by atoms with Crippen LogP contribution in [0.5, 0.6) is 0 Å². The summed E-state index contributed by atoms with van der Waals surface area (Å²) < 4.78 is 0. The lowest BCUT2D eigenvalue weighted by molar-refractivity contribution is -0.139. The van der Waals surface area contributed by atoms with Crippen LogP contribution in [0.25, 0.3) is 0 Å². The first-order valence-electron chi connectivity index (χ1n) is 6.82. The first kappa shape index (κ1) is 16.1. The largest absolute Gasteiger partial charge is 0.480 e. The number of thioether (sulfide) groups is 1. The summed E-state index contributed by atoms with van der Waals surface area (Å²) in [7, 11) is 0. The summed E-state index contributed by atoms with van der Waals surface area (Å²) in [5, 5.41) is 12.2. The molecule has 0 bridgehead atoms. The van der Waals surface area contributed by atoms with Gasteiger partial charge in [0, 0.05) is 18.1 Å². The summed E-state index contributed by atoms with van der Waals surface area (Å²) in [5.74, 6) is 1.18. The van der Waals surface area contributed by atoms with Crippen molar-refractivity contribution in [1.29, 1.82) is 0 Å². The van der Waals surface area contributed by atoms with E-state index in [1.54, 1.807) is 0 Å². The van der Waals surface area contributed by atoms with Crippen LogP contribution in [-0.2, 0) is 10.5 Å². The van der Waals surface area contributed by atoms with Gasteiger partial charge in [0.15, 0.2) is 0 Å². The lowest BCUT2D eigenvalue weighted by Crippen LogP contribution is -2.37. The first-order chi connectivity index (χ1) is 9.24. The van der Waals surface area contributed by atoms with Gasteiger partial charge >= 0.3 is 5.97 Å². The topological polar surface area (TPSA) is 49.3 Å². The second-order valence-corrected chi connectivity index (χ2v) is 5.63. The number of unbranched alkanes of at least 4 members (excludes halogenated alkanes) is 1. The number of nitrogens with one attached hydrogen (secondary N) is 1. The van der Waals surface area contributed by atoms with E-state index in [1.165, 1.54) is 5.56 Å². The molecular weight excluding hydrogens is 258 g/mol. The Balaban J connectivity index is 2.13. The van der Waals surface area contributed by atoms with E-state index in [1.807, 2.05) is 30.0 Å². The SMILES string of the molecule is CCCCC(NCCSCc1ccccc1)C(=O)O. The van der Waals surface area contributed by atoms with Crippen LogP contribution in [0.2, 0.25) is 0 Å². The van der Waals surface area contributed by atoms with Crippen molar-refractivity contribution in [1.82, 2.24) is 5.32 Å². The molecule has 0 amide bonds. The third-order valence-corrected chi connectivity index (χ3v) is 3.92. The molecule has 19 heavy (non-hydrogen) atoms. The van der Waals surface area contributed by atoms with Crippen molar-refractivity contribution >= 4 is 17.7 Å². The molecule has 0 aromatic heterocycles. The summed E-state index contributed by atoms with van der Waals surface area (Å²) in [4.78, 5) is 11.0. The first-order valence-corrected chi connectivity index (χ1v) is 7.97. The molecule has 1 aromatic carbocycles. The maximum atomic E-state index is 11.0. The van der Waals surface area contributed by atoms with Crippen molar-refractivity contribution in [3.63, 3.8) is 0 Å². The van der Waals surface area contributed by atoms with Crippen molar-refractivity contribution in [3.05, 3.63) is 35.9 Å². The van der Waals surface area contributed by atoms with E-state index >= 15 is 0 Å². The Morgan fingerprint density at radius 2 is 2.11 bits per heavy atom. The molecule has 1 atom stereocenters. The Kier molecular flexibility index (Phi) is 8.34. The molecule has 4 heteroatoms. The van der Waals surface area contributed by atoms with Crippen LogP contribution < -0.4 is 5.32 Å². The van der Waals surface area contributed by atoms with Crippen LogP contribution in [0.4, 0.5) is 0 Å². The van der Waals surface area contributed by atoms with E-state index in [0.717, 1.165) is 37.3 Å². The highest BCUT2D eigenvalue weighted by molar-refractivity contribution is 7.98. The molecule has 0 aliphatic heterocycles. The Morgan fingerprint density at radius 1 is 1.37 bits per heavy atom. The number of benzene rings is 1. The van der Waals surface area contributed by atoms with Gasteiger partial charge in [-0.3, -0.25) is 4.79 Å². The summed E-state index contributed by atoms with van der Waals surface area (Å²) in [5.41, 5.74) is 1.31. The van der Waals surface area contributed by atoms with Crippen molar-refractivity contribution in [3.8, 4) is 0 Å². The molecular formula is C15H23NO2S. The minimum absolute atomic E-state index is 0.391. The third kappa shape index (κ3) is 7.23. The number of hydrogen-bond donors (Lipinski definition) is 2. The van der Waals surface area contributed by atoms with Gasteiger partial charge in [0.2, 0.25) is 0 Å². The maximum absolute atomic E-state index is 11.0. The zero-order chi connectivity index (χ0) is 13.9. The van der Waals surface area contributed by atoms with Crippen LogP contribution >= 0.6 is 11.8 Å². The molecule has 0 saturated carbocycles. The average molecular weight is 281 g/mol. The molecule has 0 aliphatic rings. The average Bonchev–Trinajstić information content (AvgIpc) is 2.42. The van der Waals surface area contributed by atoms with Crippen molar-refractivity contribution in [2.24, 2.45) is 0 Å². The smallest absolute Gasteiger partial charge is 0.320 e. The fraction of sp³-hybridized carbons (Fsp3) is 0.533. The lowest BCUT2D eigenvalue weighted by Gasteiger charge is -2.13. The molecule has 1 aromatic rings. The van der Waals surface area contributed by atoms with E-state index in [2.05, 4.69) is 24.4 Å². The number of carbonyl (C=O) groups is 1. The highest BCUT2D eigenvalue weighted by atomic mass is 32.2. The maximum Gasteiger partial charge on any atom is 0.320 e. The fourth-order valence-electron chi connectivity index (χ4n) is 1.79. The summed E-state index contributed by atoms with van der Waals surface area (Å²) in [6.45, 7) is 2.83. The minimum Gasteiger partial charge on any atom is -0.480 e. The molecule has 2 N–H and O–H groups in total. The summed E-state index contributed by atoms with van der Waals surface area (Å²) >= 11 is 1.83. The quantitative estimate of drug-likeness (QED) is 0.647. The molecule has 1 unspecified atom stereocenters. The molecule has 0 heterocycles. The second kappa shape index (κ2) is 9.87. The lowest BCUT2D eigenvalue weighted by atomic mass is 10.1. The van der Waals surface area contributed by atoms with Crippen LogP contribution in [-0.4, -0.2) is 29.4 Å². The second-order valence-electron chi connectivity index (χ2n) is 4.53. The Bertz CT molecular complexity index is 356. The molecule has 106 valence electrons. The predicted molar refractivity (Wildman–Crippen MR) is 81.6 cm³/mol. The van der Waals surface area contributed by atoms with Gasteiger partial charge in [0.1, 0.15) is 6.04 Å². The Morgan fingerprint density at radius 3 is 2.74 bits per heavy atom. The van der Waals surface area contributed by atoms with Gasteiger partial charge in [-0.05, 0) is 12.0 Å².